The first-order chi connectivity index (χ1) is 10.1. The molecular weight excluding hydrogens is 266 g/mol. The van der Waals surface area contributed by atoms with Crippen LogP contribution in [0.2, 0.25) is 0 Å². The number of anilines is 1. The molecule has 0 radical (unpaired) electrons. The number of rotatable bonds is 2. The van der Waals surface area contributed by atoms with E-state index in [0.717, 1.165) is 26.2 Å². The van der Waals surface area contributed by atoms with Crippen LogP contribution in [0.1, 0.15) is 12.0 Å². The summed E-state index contributed by atoms with van der Waals surface area (Å²) in [6.45, 7) is 6.23. The van der Waals surface area contributed by atoms with E-state index in [1.54, 1.807) is 0 Å². The number of amides is 1. The zero-order valence-electron chi connectivity index (χ0n) is 12.5. The minimum Gasteiger partial charge on any atom is -0.379 e. The number of nitrogens with zero attached hydrogens (tertiary/aromatic N) is 2. The monoisotopic (exact) mass is 289 g/mol. The van der Waals surface area contributed by atoms with Crippen molar-refractivity contribution < 1.29 is 9.53 Å². The zero-order valence-corrected chi connectivity index (χ0v) is 12.5. The minimum atomic E-state index is -0.801. The molecule has 1 aromatic carbocycles. The summed E-state index contributed by atoms with van der Waals surface area (Å²) < 4.78 is 5.30. The largest absolute Gasteiger partial charge is 0.379 e. The third-order valence-electron chi connectivity index (χ3n) is 4.50. The van der Waals surface area contributed by atoms with Crippen LogP contribution >= 0.6 is 0 Å². The fraction of sp³-hybridized carbons (Fsp3) is 0.562. The molecule has 2 aliphatic heterocycles. The Morgan fingerprint density at radius 2 is 1.95 bits per heavy atom. The van der Waals surface area contributed by atoms with Crippen molar-refractivity contribution in [1.29, 1.82) is 0 Å². The normalized spacial score (nSPS) is 26.2. The van der Waals surface area contributed by atoms with Gasteiger partial charge in [-0.3, -0.25) is 4.79 Å². The summed E-state index contributed by atoms with van der Waals surface area (Å²) in [4.78, 5) is 16.8. The van der Waals surface area contributed by atoms with Crippen LogP contribution < -0.4 is 10.6 Å². The molecule has 2 N–H and O–H groups in total. The minimum absolute atomic E-state index is 0.0458. The van der Waals surface area contributed by atoms with Crippen LogP contribution in [0.4, 0.5) is 5.69 Å². The molecule has 1 atom stereocenters. The topological polar surface area (TPSA) is 58.8 Å². The van der Waals surface area contributed by atoms with Crippen LogP contribution in [0.15, 0.2) is 24.3 Å². The number of ether oxygens (including phenoxy) is 1. The van der Waals surface area contributed by atoms with E-state index in [4.69, 9.17) is 10.5 Å². The lowest BCUT2D eigenvalue weighted by atomic mass is 9.98. The fourth-order valence-electron chi connectivity index (χ4n) is 3.13. The summed E-state index contributed by atoms with van der Waals surface area (Å²) in [5.74, 6) is 0.0458. The van der Waals surface area contributed by atoms with Crippen molar-refractivity contribution in [2.45, 2.75) is 18.9 Å². The van der Waals surface area contributed by atoms with Crippen molar-refractivity contribution in [3.63, 3.8) is 0 Å². The molecule has 114 valence electrons. The van der Waals surface area contributed by atoms with Crippen LogP contribution in [-0.2, 0) is 9.53 Å². The Morgan fingerprint density at radius 1 is 1.24 bits per heavy atom. The summed E-state index contributed by atoms with van der Waals surface area (Å²) >= 11 is 0. The van der Waals surface area contributed by atoms with E-state index >= 15 is 0 Å². The maximum absolute atomic E-state index is 12.5. The number of piperazine rings is 1. The second kappa shape index (κ2) is 5.66. The molecule has 1 amide bonds. The molecule has 0 bridgehead atoms. The van der Waals surface area contributed by atoms with Crippen molar-refractivity contribution in [3.05, 3.63) is 29.8 Å². The average Bonchev–Trinajstić information content (AvgIpc) is 2.95. The molecule has 2 heterocycles. The van der Waals surface area contributed by atoms with Gasteiger partial charge in [-0.2, -0.15) is 0 Å². The van der Waals surface area contributed by atoms with E-state index in [1.807, 2.05) is 4.90 Å². The highest BCUT2D eigenvalue weighted by atomic mass is 16.5. The Hall–Kier alpha value is -1.59. The molecule has 2 saturated heterocycles. The average molecular weight is 289 g/mol. The number of hydrogen-bond donors (Lipinski definition) is 1. The molecule has 3 rings (SSSR count). The lowest BCUT2D eigenvalue weighted by Crippen LogP contribution is -2.60. The Bertz CT molecular complexity index is 518. The number of aryl methyl sites for hydroxylation is 1. The first kappa shape index (κ1) is 14.4. The van der Waals surface area contributed by atoms with E-state index in [1.165, 1.54) is 11.3 Å². The van der Waals surface area contributed by atoms with Crippen molar-refractivity contribution >= 4 is 11.6 Å². The quantitative estimate of drug-likeness (QED) is 0.873. The number of nitrogens with two attached hydrogens (primary N) is 1. The van der Waals surface area contributed by atoms with Gasteiger partial charge in [0.15, 0.2) is 0 Å². The highest BCUT2D eigenvalue weighted by Crippen LogP contribution is 2.23. The van der Waals surface area contributed by atoms with E-state index in [2.05, 4.69) is 36.1 Å². The molecule has 21 heavy (non-hydrogen) atoms. The number of para-hydroxylation sites is 1. The lowest BCUT2D eigenvalue weighted by molar-refractivity contribution is -0.137. The van der Waals surface area contributed by atoms with Gasteiger partial charge in [-0.1, -0.05) is 18.2 Å². The summed E-state index contributed by atoms with van der Waals surface area (Å²) in [6, 6.07) is 8.38. The van der Waals surface area contributed by atoms with Gasteiger partial charge < -0.3 is 20.3 Å². The summed E-state index contributed by atoms with van der Waals surface area (Å²) in [6.07, 6.45) is 0.629. The Balaban J connectivity index is 1.63. The van der Waals surface area contributed by atoms with Gasteiger partial charge in [-0.05, 0) is 25.0 Å². The Labute approximate surface area is 125 Å². The molecular formula is C16H23N3O2. The van der Waals surface area contributed by atoms with Crippen LogP contribution in [0.25, 0.3) is 0 Å². The van der Waals surface area contributed by atoms with Crippen molar-refractivity contribution in [2.75, 3.05) is 44.3 Å². The summed E-state index contributed by atoms with van der Waals surface area (Å²) in [5.41, 5.74) is 7.91. The van der Waals surface area contributed by atoms with E-state index in [9.17, 15) is 4.79 Å². The van der Waals surface area contributed by atoms with Crippen LogP contribution in [0.5, 0.6) is 0 Å². The fourth-order valence-corrected chi connectivity index (χ4v) is 3.13. The van der Waals surface area contributed by atoms with Gasteiger partial charge in [0.1, 0.15) is 5.54 Å². The predicted octanol–water partition coefficient (Wildman–Crippen LogP) is 0.761. The molecule has 0 saturated carbocycles. The third-order valence-corrected chi connectivity index (χ3v) is 4.50. The summed E-state index contributed by atoms with van der Waals surface area (Å²) in [7, 11) is 0. The first-order valence-corrected chi connectivity index (χ1v) is 7.57. The second-order valence-corrected chi connectivity index (χ2v) is 6.02. The van der Waals surface area contributed by atoms with Crippen LogP contribution in [-0.4, -0.2) is 55.7 Å². The Morgan fingerprint density at radius 3 is 2.57 bits per heavy atom. The first-order valence-electron chi connectivity index (χ1n) is 7.57. The van der Waals surface area contributed by atoms with Gasteiger partial charge in [0.25, 0.3) is 0 Å². The van der Waals surface area contributed by atoms with Crippen molar-refractivity contribution in [1.82, 2.24) is 4.90 Å². The standard InChI is InChI=1S/C16H23N3O2/c1-13-4-2-3-5-14(13)18-7-9-19(10-8-18)15(20)16(17)6-11-21-12-16/h2-5H,6-12,17H2,1H3. The molecule has 2 aliphatic rings. The van der Waals surface area contributed by atoms with Gasteiger partial charge in [0.05, 0.1) is 6.61 Å². The van der Waals surface area contributed by atoms with Crippen molar-refractivity contribution in [2.24, 2.45) is 5.73 Å². The number of carbonyl (C=O) groups excluding carboxylic acids is 1. The van der Waals surface area contributed by atoms with Gasteiger partial charge in [0, 0.05) is 38.5 Å². The number of carbonyl (C=O) groups is 1. The predicted molar refractivity (Wildman–Crippen MR) is 82.3 cm³/mol. The molecule has 1 unspecified atom stereocenters. The second-order valence-electron chi connectivity index (χ2n) is 6.02. The van der Waals surface area contributed by atoms with Crippen molar-refractivity contribution in [3.8, 4) is 0 Å². The summed E-state index contributed by atoms with van der Waals surface area (Å²) in [5, 5.41) is 0. The third kappa shape index (κ3) is 2.76. The lowest BCUT2D eigenvalue weighted by Gasteiger charge is -2.39. The van der Waals surface area contributed by atoms with Gasteiger partial charge in [-0.25, -0.2) is 0 Å². The maximum atomic E-state index is 12.5. The van der Waals surface area contributed by atoms with E-state index in [-0.39, 0.29) is 5.91 Å². The highest BCUT2D eigenvalue weighted by Gasteiger charge is 2.41. The van der Waals surface area contributed by atoms with Gasteiger partial charge >= 0.3 is 0 Å². The molecule has 2 fully saturated rings. The van der Waals surface area contributed by atoms with Crippen LogP contribution in [0, 0.1) is 6.92 Å². The van der Waals surface area contributed by atoms with Crippen LogP contribution in [0.3, 0.4) is 0 Å². The van der Waals surface area contributed by atoms with E-state index < -0.39 is 5.54 Å². The molecule has 0 aliphatic carbocycles. The van der Waals surface area contributed by atoms with Gasteiger partial charge in [0.2, 0.25) is 5.91 Å². The molecule has 5 heteroatoms. The van der Waals surface area contributed by atoms with E-state index in [0.29, 0.717) is 19.6 Å². The number of hydrogen-bond acceptors (Lipinski definition) is 4. The zero-order chi connectivity index (χ0) is 14.9. The van der Waals surface area contributed by atoms with Gasteiger partial charge in [-0.15, -0.1) is 0 Å². The molecule has 0 spiro atoms. The SMILES string of the molecule is Cc1ccccc1N1CCN(C(=O)C2(N)CCOC2)CC1. The smallest absolute Gasteiger partial charge is 0.245 e. The highest BCUT2D eigenvalue weighted by molar-refractivity contribution is 5.87. The number of benzene rings is 1. The molecule has 5 nitrogen and oxygen atoms in total. The molecule has 1 aromatic rings. The molecule has 0 aromatic heterocycles. The maximum Gasteiger partial charge on any atom is 0.245 e. The Kier molecular flexibility index (Phi) is 3.87.